The Bertz CT molecular complexity index is 921. The number of aromatic nitrogens is 2. The molecule has 0 radical (unpaired) electrons. The Hall–Kier alpha value is -1.61. The van der Waals surface area contributed by atoms with Gasteiger partial charge in [0.15, 0.2) is 5.82 Å². The van der Waals surface area contributed by atoms with E-state index in [1.165, 1.54) is 0 Å². The predicted octanol–water partition coefficient (Wildman–Crippen LogP) is 4.29. The lowest BCUT2D eigenvalue weighted by Gasteiger charge is -2.47. The van der Waals surface area contributed by atoms with Crippen LogP contribution in [-0.4, -0.2) is 88.0 Å². The van der Waals surface area contributed by atoms with Crippen LogP contribution < -0.4 is 0 Å². The van der Waals surface area contributed by atoms with Crippen LogP contribution in [0.15, 0.2) is 4.52 Å². The molecule has 2 aliphatic carbocycles. The molecule has 0 aromatic carbocycles. The lowest BCUT2D eigenvalue weighted by molar-refractivity contribution is -0.151. The third-order valence-electron chi connectivity index (χ3n) is 9.59. The molecule has 2 saturated carbocycles. The highest BCUT2D eigenvalue weighted by molar-refractivity contribution is 5.76. The zero-order valence-electron chi connectivity index (χ0n) is 22.4. The van der Waals surface area contributed by atoms with Crippen LogP contribution in [0, 0.1) is 11.8 Å². The molecule has 0 N–H and O–H groups in total. The first kappa shape index (κ1) is 26.0. The average molecular weight is 508 g/mol. The number of halogens is 2. The van der Waals surface area contributed by atoms with E-state index in [-0.39, 0.29) is 30.2 Å². The molecule has 3 heterocycles. The Morgan fingerprint density at radius 2 is 1.78 bits per heavy atom. The fraction of sp³-hybridized carbons (Fsp3) is 0.889. The van der Waals surface area contributed by atoms with E-state index in [0.29, 0.717) is 37.4 Å². The molecule has 4 aliphatic rings. The summed E-state index contributed by atoms with van der Waals surface area (Å²) in [7, 11) is 0. The molecule has 2 saturated heterocycles. The Morgan fingerprint density at radius 1 is 1.11 bits per heavy atom. The maximum absolute atomic E-state index is 15.2. The maximum Gasteiger partial charge on any atom is 0.252 e. The van der Waals surface area contributed by atoms with Crippen molar-refractivity contribution in [2.45, 2.75) is 102 Å². The van der Waals surface area contributed by atoms with E-state index in [1.807, 2.05) is 0 Å². The molecule has 1 amide bonds. The van der Waals surface area contributed by atoms with Crippen molar-refractivity contribution in [3.05, 3.63) is 11.7 Å². The van der Waals surface area contributed by atoms with Crippen LogP contribution in [0.5, 0.6) is 0 Å². The topological polar surface area (TPSA) is 65.7 Å². The number of hydrogen-bond donors (Lipinski definition) is 0. The SMILES string of the molecule is CC(C)N1CCN([C@H]2CCCC(F)(F)[C@@H]2CC(=O)N2CCC(C)(c3noc([C@@H]4C[C@@H]4C)n3)CC2)CC1. The zero-order valence-corrected chi connectivity index (χ0v) is 22.4. The second-order valence-corrected chi connectivity index (χ2v) is 12.4. The summed E-state index contributed by atoms with van der Waals surface area (Å²) in [6.07, 6.45) is 3.66. The number of hydrogen-bond acceptors (Lipinski definition) is 6. The van der Waals surface area contributed by atoms with Gasteiger partial charge in [0.1, 0.15) is 0 Å². The van der Waals surface area contributed by atoms with Gasteiger partial charge in [0, 0.05) is 81.4 Å². The first-order valence-electron chi connectivity index (χ1n) is 14.1. The Labute approximate surface area is 213 Å². The van der Waals surface area contributed by atoms with Crippen LogP contribution in [0.3, 0.4) is 0 Å². The summed E-state index contributed by atoms with van der Waals surface area (Å²) in [5.41, 5.74) is -0.246. The summed E-state index contributed by atoms with van der Waals surface area (Å²) in [4.78, 5) is 24.5. The number of nitrogens with zero attached hydrogens (tertiary/aromatic N) is 5. The van der Waals surface area contributed by atoms with E-state index in [9.17, 15) is 4.79 Å². The number of likely N-dealkylation sites (tertiary alicyclic amines) is 1. The summed E-state index contributed by atoms with van der Waals surface area (Å²) in [6, 6.07) is 0.253. The molecule has 0 bridgehead atoms. The lowest BCUT2D eigenvalue weighted by atomic mass is 9.77. The van der Waals surface area contributed by atoms with Crippen LogP contribution in [0.2, 0.25) is 0 Å². The van der Waals surface area contributed by atoms with E-state index in [2.05, 4.69) is 47.6 Å². The number of piperazine rings is 1. The molecule has 4 atom stereocenters. The average Bonchev–Trinajstić information content (AvgIpc) is 3.36. The maximum atomic E-state index is 15.2. The standard InChI is InChI=1S/C27H43F2N5O2/c1-18(2)32-12-14-33(15-13-32)22-6-5-7-27(28,29)21(22)17-23(35)34-10-8-26(4,9-11-34)25-30-24(36-31-25)20-16-19(20)3/h18-22H,5-17H2,1-4H3/t19-,20+,21+,22-/m0/s1. The summed E-state index contributed by atoms with van der Waals surface area (Å²) >= 11 is 0. The number of carbonyl (C=O) groups is 1. The van der Waals surface area contributed by atoms with Gasteiger partial charge in [-0.2, -0.15) is 4.98 Å². The Balaban J connectivity index is 1.20. The van der Waals surface area contributed by atoms with Crippen molar-refractivity contribution in [2.24, 2.45) is 11.8 Å². The first-order chi connectivity index (χ1) is 17.1. The second-order valence-electron chi connectivity index (χ2n) is 12.4. The van der Waals surface area contributed by atoms with E-state index in [0.717, 1.165) is 63.6 Å². The third-order valence-corrected chi connectivity index (χ3v) is 9.59. The van der Waals surface area contributed by atoms with Crippen molar-refractivity contribution in [3.63, 3.8) is 0 Å². The first-order valence-corrected chi connectivity index (χ1v) is 14.1. The van der Waals surface area contributed by atoms with Crippen molar-refractivity contribution in [3.8, 4) is 0 Å². The third kappa shape index (κ3) is 5.19. The van der Waals surface area contributed by atoms with Gasteiger partial charge in [-0.25, -0.2) is 8.78 Å². The number of alkyl halides is 2. The van der Waals surface area contributed by atoms with Gasteiger partial charge in [-0.3, -0.25) is 14.6 Å². The molecule has 4 fully saturated rings. The smallest absolute Gasteiger partial charge is 0.252 e. The summed E-state index contributed by atoms with van der Waals surface area (Å²) in [5, 5.41) is 4.27. The van der Waals surface area contributed by atoms with Crippen molar-refractivity contribution in [2.75, 3.05) is 39.3 Å². The quantitative estimate of drug-likeness (QED) is 0.572. The summed E-state index contributed by atoms with van der Waals surface area (Å²) in [5.74, 6) is -1.38. The number of carbonyl (C=O) groups excluding carboxylic acids is 1. The Kier molecular flexibility index (Phi) is 7.18. The molecule has 0 unspecified atom stereocenters. The largest absolute Gasteiger partial charge is 0.343 e. The molecule has 7 nitrogen and oxygen atoms in total. The van der Waals surface area contributed by atoms with Crippen LogP contribution in [-0.2, 0) is 10.2 Å². The number of piperidine rings is 1. The molecule has 5 rings (SSSR count). The van der Waals surface area contributed by atoms with Crippen LogP contribution in [0.4, 0.5) is 8.78 Å². The zero-order chi connectivity index (χ0) is 25.7. The van der Waals surface area contributed by atoms with E-state index in [4.69, 9.17) is 4.52 Å². The normalized spacial score (nSPS) is 33.1. The highest BCUT2D eigenvalue weighted by atomic mass is 19.3. The van der Waals surface area contributed by atoms with E-state index >= 15 is 8.78 Å². The monoisotopic (exact) mass is 507 g/mol. The van der Waals surface area contributed by atoms with Gasteiger partial charge >= 0.3 is 0 Å². The fourth-order valence-electron chi connectivity index (χ4n) is 6.61. The minimum absolute atomic E-state index is 0.0648. The van der Waals surface area contributed by atoms with Crippen molar-refractivity contribution < 1.29 is 18.1 Å². The van der Waals surface area contributed by atoms with Crippen molar-refractivity contribution in [1.82, 2.24) is 24.8 Å². The second kappa shape index (κ2) is 9.93. The van der Waals surface area contributed by atoms with Gasteiger partial charge in [0.05, 0.1) is 0 Å². The molecular formula is C27H43F2N5O2. The number of amides is 1. The van der Waals surface area contributed by atoms with Gasteiger partial charge in [-0.15, -0.1) is 0 Å². The minimum Gasteiger partial charge on any atom is -0.343 e. The predicted molar refractivity (Wildman–Crippen MR) is 133 cm³/mol. The highest BCUT2D eigenvalue weighted by Crippen LogP contribution is 2.47. The molecule has 0 spiro atoms. The van der Waals surface area contributed by atoms with Crippen molar-refractivity contribution >= 4 is 5.91 Å². The van der Waals surface area contributed by atoms with Gasteiger partial charge in [0.25, 0.3) is 5.92 Å². The molecule has 2 aliphatic heterocycles. The highest BCUT2D eigenvalue weighted by Gasteiger charge is 2.50. The van der Waals surface area contributed by atoms with Crippen molar-refractivity contribution in [1.29, 1.82) is 0 Å². The van der Waals surface area contributed by atoms with Gasteiger partial charge < -0.3 is 9.42 Å². The molecule has 1 aromatic heterocycles. The van der Waals surface area contributed by atoms with E-state index < -0.39 is 11.8 Å². The molecular weight excluding hydrogens is 464 g/mol. The minimum atomic E-state index is -2.79. The summed E-state index contributed by atoms with van der Waals surface area (Å²) < 4.78 is 36.0. The molecule has 36 heavy (non-hydrogen) atoms. The summed E-state index contributed by atoms with van der Waals surface area (Å²) in [6.45, 7) is 13.2. The van der Waals surface area contributed by atoms with Gasteiger partial charge in [0.2, 0.25) is 11.8 Å². The van der Waals surface area contributed by atoms with Crippen LogP contribution in [0.1, 0.15) is 90.3 Å². The van der Waals surface area contributed by atoms with E-state index in [1.54, 1.807) is 4.90 Å². The lowest BCUT2D eigenvalue weighted by Crippen LogP contribution is -2.58. The van der Waals surface area contributed by atoms with Gasteiger partial charge in [-0.1, -0.05) is 19.0 Å². The fourth-order valence-corrected chi connectivity index (χ4v) is 6.61. The molecule has 202 valence electrons. The van der Waals surface area contributed by atoms with Crippen LogP contribution in [0.25, 0.3) is 0 Å². The molecule has 9 heteroatoms. The molecule has 1 aromatic rings. The van der Waals surface area contributed by atoms with Crippen LogP contribution >= 0.6 is 0 Å². The Morgan fingerprint density at radius 3 is 2.39 bits per heavy atom. The number of rotatable bonds is 6. The van der Waals surface area contributed by atoms with Gasteiger partial charge in [-0.05, 0) is 51.9 Å².